The van der Waals surface area contributed by atoms with E-state index in [4.69, 9.17) is 5.73 Å². The first-order chi connectivity index (χ1) is 27.7. The number of amides is 9. The molecule has 0 fully saturated rings. The molecule has 0 spiro atoms. The summed E-state index contributed by atoms with van der Waals surface area (Å²) in [4.78, 5) is 126. The Balaban J connectivity index is 2.80. The number of benzene rings is 1. The van der Waals surface area contributed by atoms with Crippen molar-refractivity contribution in [2.75, 3.05) is 27.2 Å². The Bertz CT molecular complexity index is 1670. The lowest BCUT2D eigenvalue weighted by Crippen LogP contribution is -2.60. The number of hydrogen-bond acceptors (Lipinski definition) is 12. The van der Waals surface area contributed by atoms with E-state index in [-0.39, 0.29) is 5.56 Å². The van der Waals surface area contributed by atoms with E-state index in [1.54, 1.807) is 12.1 Å². The molecule has 0 bridgehead atoms. The Hall–Kier alpha value is -5.96. The van der Waals surface area contributed by atoms with Crippen molar-refractivity contribution in [1.82, 2.24) is 42.1 Å². The van der Waals surface area contributed by atoms with Crippen LogP contribution < -0.4 is 43.0 Å². The van der Waals surface area contributed by atoms with Crippen LogP contribution in [0.25, 0.3) is 0 Å². The van der Waals surface area contributed by atoms with Crippen molar-refractivity contribution < 1.29 is 58.2 Å². The first-order valence-corrected chi connectivity index (χ1v) is 19.2. The molecule has 0 saturated carbocycles. The molecule has 21 heteroatoms. The fourth-order valence-corrected chi connectivity index (χ4v) is 5.48. The zero-order chi connectivity index (χ0) is 45.0. The van der Waals surface area contributed by atoms with Crippen LogP contribution in [-0.4, -0.2) is 144 Å². The van der Waals surface area contributed by atoms with Crippen LogP contribution in [0.2, 0.25) is 0 Å². The molecule has 1 rings (SSSR count). The third-order valence-electron chi connectivity index (χ3n) is 9.03. The number of carbonyl (C=O) groups excluding carboxylic acids is 10. The van der Waals surface area contributed by atoms with E-state index >= 15 is 0 Å². The lowest BCUT2D eigenvalue weighted by molar-refractivity contribution is -0.144. The minimum absolute atomic E-state index is 0.267. The number of hydrogen-bond donors (Lipinski definition) is 10. The lowest BCUT2D eigenvalue weighted by Gasteiger charge is -2.30. The molecule has 0 aliphatic rings. The van der Waals surface area contributed by atoms with E-state index in [1.165, 1.54) is 34.7 Å². The van der Waals surface area contributed by atoms with Crippen molar-refractivity contribution in [3.05, 3.63) is 35.4 Å². The average molecular weight is 834 g/mol. The number of nitrogens with two attached hydrogens (primary N) is 1. The second-order valence-corrected chi connectivity index (χ2v) is 14.0. The molecule has 7 atom stereocenters. The van der Waals surface area contributed by atoms with Crippen molar-refractivity contribution in [2.45, 2.75) is 115 Å². The molecule has 0 aromatic heterocycles. The molecule has 9 amide bonds. The van der Waals surface area contributed by atoms with Crippen molar-refractivity contribution in [2.24, 2.45) is 5.73 Å². The molecule has 11 N–H and O–H groups in total. The third-order valence-corrected chi connectivity index (χ3v) is 9.03. The molecule has 0 aliphatic heterocycles. The maximum absolute atomic E-state index is 13.2. The van der Waals surface area contributed by atoms with Crippen molar-refractivity contribution in [3.63, 3.8) is 0 Å². The van der Waals surface area contributed by atoms with Gasteiger partial charge in [0.2, 0.25) is 47.1 Å². The first kappa shape index (κ1) is 51.1. The van der Waals surface area contributed by atoms with Gasteiger partial charge in [-0.2, -0.15) is 0 Å². The van der Waals surface area contributed by atoms with Gasteiger partial charge < -0.3 is 58.1 Å². The van der Waals surface area contributed by atoms with E-state index in [1.807, 2.05) is 12.1 Å². The normalized spacial score (nSPS) is 14.3. The predicted molar refractivity (Wildman–Crippen MR) is 212 cm³/mol. The Morgan fingerprint density at radius 1 is 0.712 bits per heavy atom. The molecular formula is C38H59N9O12. The van der Waals surface area contributed by atoms with Crippen LogP contribution in [0.1, 0.15) is 82.6 Å². The number of likely N-dealkylation sites (N-methyl/N-ethyl adjacent to an activating group) is 2. The highest BCUT2D eigenvalue weighted by Gasteiger charge is 2.35. The number of unbranched alkanes of at least 4 members (excludes halogenated alkanes) is 3. The predicted octanol–water partition coefficient (Wildman–Crippen LogP) is -3.59. The number of primary amides is 1. The highest BCUT2D eigenvalue weighted by atomic mass is 16.3. The molecule has 1 aromatic carbocycles. The van der Waals surface area contributed by atoms with Gasteiger partial charge in [0.25, 0.3) is 11.8 Å². The van der Waals surface area contributed by atoms with Crippen LogP contribution in [-0.2, 0) is 49.6 Å². The first-order valence-electron chi connectivity index (χ1n) is 19.2. The molecule has 328 valence electrons. The number of aliphatic hydroxyl groups excluding tert-OH is 2. The average Bonchev–Trinajstić information content (AvgIpc) is 3.18. The molecule has 59 heavy (non-hydrogen) atoms. The molecule has 21 nitrogen and oxygen atoms in total. The summed E-state index contributed by atoms with van der Waals surface area (Å²) in [7, 11) is 2.35. The largest absolute Gasteiger partial charge is 0.394 e. The molecule has 7 unspecified atom stereocenters. The Morgan fingerprint density at radius 3 is 1.81 bits per heavy atom. The van der Waals surface area contributed by atoms with Gasteiger partial charge in [0.1, 0.15) is 30.2 Å². The maximum Gasteiger partial charge on any atom is 0.289 e. The number of nitrogens with one attached hydrogen (secondary N) is 7. The van der Waals surface area contributed by atoms with Gasteiger partial charge >= 0.3 is 0 Å². The van der Waals surface area contributed by atoms with Gasteiger partial charge in [0.15, 0.2) is 0 Å². The van der Waals surface area contributed by atoms with Crippen molar-refractivity contribution in [1.29, 1.82) is 0 Å². The number of aliphatic hydroxyl groups is 2. The number of rotatable bonds is 25. The second kappa shape index (κ2) is 25.4. The summed E-state index contributed by atoms with van der Waals surface area (Å²) in [6.07, 6.45) is 3.03. The molecule has 0 radical (unpaired) electrons. The molecule has 0 aliphatic carbocycles. The minimum Gasteiger partial charge on any atom is -0.394 e. The lowest BCUT2D eigenvalue weighted by atomic mass is 10.0. The zero-order valence-electron chi connectivity index (χ0n) is 34.5. The van der Waals surface area contributed by atoms with Crippen LogP contribution in [0.5, 0.6) is 0 Å². The summed E-state index contributed by atoms with van der Waals surface area (Å²) in [5, 5.41) is 36.1. The fourth-order valence-electron chi connectivity index (χ4n) is 5.48. The summed E-state index contributed by atoms with van der Waals surface area (Å²) in [6.45, 7) is 5.51. The number of carbonyl (C=O) groups is 10. The number of aryl methyl sites for hydroxylation is 1. The highest BCUT2D eigenvalue weighted by molar-refractivity contribution is 6.38. The fraction of sp³-hybridized carbons (Fsp3) is 0.579. The highest BCUT2D eigenvalue weighted by Crippen LogP contribution is 2.11. The monoisotopic (exact) mass is 833 g/mol. The second-order valence-electron chi connectivity index (χ2n) is 14.0. The van der Waals surface area contributed by atoms with Crippen LogP contribution in [0, 0.1) is 0 Å². The third kappa shape index (κ3) is 17.2. The van der Waals surface area contributed by atoms with Gasteiger partial charge in [0.05, 0.1) is 31.7 Å². The van der Waals surface area contributed by atoms with E-state index in [0.29, 0.717) is 0 Å². The standard InChI is InChI=1S/C38H59N9O12/c1-8-9-10-11-12-24-13-15-25(16-14-24)34(55)46-27(19-48)36(57)43-21(3)32(53)41-18-29(51)47(7)30(23(5)49)37(58)44-22(4)33(54)45-26(17-28(39)50)35(56)42-20(2)31(52)38(59)40-6/h13-16,20-23,26-27,30,48-49H,8-12,17-19H2,1-7H3,(H2,39,50)(H,40,59)(H,41,53)(H,42,56)(H,43,57)(H,44,58)(H,45,54)(H,46,55). The van der Waals surface area contributed by atoms with Gasteiger partial charge in [-0.1, -0.05) is 38.3 Å². The summed E-state index contributed by atoms with van der Waals surface area (Å²) >= 11 is 0. The summed E-state index contributed by atoms with van der Waals surface area (Å²) in [5.41, 5.74) is 6.53. The van der Waals surface area contributed by atoms with Crippen molar-refractivity contribution in [3.8, 4) is 0 Å². The van der Waals surface area contributed by atoms with Crippen LogP contribution in [0.4, 0.5) is 0 Å². The van der Waals surface area contributed by atoms with Gasteiger partial charge in [0, 0.05) is 19.7 Å². The van der Waals surface area contributed by atoms with E-state index < -0.39 is 121 Å². The van der Waals surface area contributed by atoms with E-state index in [0.717, 1.165) is 49.6 Å². The minimum atomic E-state index is -1.62. The molecular weight excluding hydrogens is 774 g/mol. The number of Topliss-reactive ketones (excluding diaryl/α,β-unsaturated/α-hetero) is 1. The van der Waals surface area contributed by atoms with Gasteiger partial charge in [-0.05, 0) is 58.2 Å². The Labute approximate surface area is 342 Å². The van der Waals surface area contributed by atoms with Gasteiger partial charge in [-0.15, -0.1) is 0 Å². The summed E-state index contributed by atoms with van der Waals surface area (Å²) in [6, 6.07) is -1.79. The summed E-state index contributed by atoms with van der Waals surface area (Å²) < 4.78 is 0. The van der Waals surface area contributed by atoms with Crippen LogP contribution >= 0.6 is 0 Å². The molecule has 0 saturated heterocycles. The zero-order valence-corrected chi connectivity index (χ0v) is 34.5. The SMILES string of the molecule is CCCCCCc1ccc(C(=O)NC(CO)C(=O)NC(C)C(=O)NCC(=O)N(C)C(C(=O)NC(C)C(=O)NC(CC(N)=O)C(=O)NC(C)C(=O)C(=O)NC)C(C)O)cc1. The van der Waals surface area contributed by atoms with Gasteiger partial charge in [-0.3, -0.25) is 47.9 Å². The summed E-state index contributed by atoms with van der Waals surface area (Å²) in [5.74, 6) is -9.29. The quantitative estimate of drug-likeness (QED) is 0.0338. The number of nitrogens with zero attached hydrogens (tertiary/aromatic N) is 1. The smallest absolute Gasteiger partial charge is 0.289 e. The molecule has 1 aromatic rings. The number of ketones is 1. The Kier molecular flexibility index (Phi) is 22.0. The topological polar surface area (TPSA) is 325 Å². The van der Waals surface area contributed by atoms with E-state index in [9.17, 15) is 58.2 Å². The molecule has 0 heterocycles. The van der Waals surface area contributed by atoms with Gasteiger partial charge in [-0.25, -0.2) is 0 Å². The van der Waals surface area contributed by atoms with Crippen LogP contribution in [0.3, 0.4) is 0 Å². The van der Waals surface area contributed by atoms with Crippen LogP contribution in [0.15, 0.2) is 24.3 Å². The maximum atomic E-state index is 13.2. The van der Waals surface area contributed by atoms with Crippen molar-refractivity contribution >= 4 is 58.9 Å². The van der Waals surface area contributed by atoms with E-state index in [2.05, 4.69) is 44.1 Å². The Morgan fingerprint density at radius 2 is 1.27 bits per heavy atom.